The molecule has 1 aromatic heterocycles. The molecular formula is C23H16Cl2N2O. The highest BCUT2D eigenvalue weighted by molar-refractivity contribution is 6.42. The van der Waals surface area contributed by atoms with Gasteiger partial charge in [-0.1, -0.05) is 65.2 Å². The molecule has 5 heteroatoms. The molecule has 0 fully saturated rings. The second kappa shape index (κ2) is 7.63. The molecule has 0 radical (unpaired) electrons. The normalized spacial score (nSPS) is 10.8. The summed E-state index contributed by atoms with van der Waals surface area (Å²) in [6.07, 6.45) is 1.71. The van der Waals surface area contributed by atoms with Crippen LogP contribution in [0.15, 0.2) is 72.9 Å². The molecule has 1 amide bonds. The zero-order chi connectivity index (χ0) is 19.7. The first kappa shape index (κ1) is 18.5. The van der Waals surface area contributed by atoms with Crippen molar-refractivity contribution in [3.63, 3.8) is 0 Å². The third kappa shape index (κ3) is 3.59. The number of carbonyl (C=O) groups excluding carboxylic acids is 1. The maximum Gasteiger partial charge on any atom is 0.256 e. The average molecular weight is 407 g/mol. The number of anilines is 1. The Balaban J connectivity index is 1.77. The van der Waals surface area contributed by atoms with Gasteiger partial charge in [0.05, 0.1) is 21.2 Å². The number of aryl methyl sites for hydroxylation is 1. The van der Waals surface area contributed by atoms with E-state index in [4.69, 9.17) is 23.2 Å². The van der Waals surface area contributed by atoms with Gasteiger partial charge >= 0.3 is 0 Å². The van der Waals surface area contributed by atoms with E-state index in [1.165, 1.54) is 0 Å². The summed E-state index contributed by atoms with van der Waals surface area (Å²) >= 11 is 12.2. The minimum absolute atomic E-state index is 0.206. The van der Waals surface area contributed by atoms with Gasteiger partial charge in [0.15, 0.2) is 0 Å². The minimum atomic E-state index is -0.206. The van der Waals surface area contributed by atoms with Crippen molar-refractivity contribution in [2.75, 3.05) is 5.32 Å². The summed E-state index contributed by atoms with van der Waals surface area (Å²) < 4.78 is 0. The van der Waals surface area contributed by atoms with E-state index in [2.05, 4.69) is 10.3 Å². The van der Waals surface area contributed by atoms with Crippen LogP contribution in [0.2, 0.25) is 10.0 Å². The van der Waals surface area contributed by atoms with Crippen molar-refractivity contribution in [2.24, 2.45) is 0 Å². The summed E-state index contributed by atoms with van der Waals surface area (Å²) in [5, 5.41) is 4.90. The molecule has 0 spiro atoms. The van der Waals surface area contributed by atoms with Crippen molar-refractivity contribution in [3.05, 3.63) is 94.1 Å². The number of halogens is 2. The lowest BCUT2D eigenvalue weighted by Gasteiger charge is -2.13. The maximum absolute atomic E-state index is 13.2. The van der Waals surface area contributed by atoms with E-state index in [0.29, 0.717) is 21.3 Å². The lowest BCUT2D eigenvalue weighted by molar-refractivity contribution is 0.102. The van der Waals surface area contributed by atoms with Crippen LogP contribution in [-0.2, 0) is 0 Å². The molecule has 0 aliphatic carbocycles. The van der Waals surface area contributed by atoms with Gasteiger partial charge in [0, 0.05) is 17.1 Å². The number of hydrogen-bond donors (Lipinski definition) is 1. The van der Waals surface area contributed by atoms with Crippen molar-refractivity contribution in [3.8, 4) is 11.1 Å². The molecule has 4 rings (SSSR count). The Labute approximate surface area is 172 Å². The van der Waals surface area contributed by atoms with Gasteiger partial charge in [-0.15, -0.1) is 0 Å². The largest absolute Gasteiger partial charge is 0.320 e. The van der Waals surface area contributed by atoms with E-state index < -0.39 is 0 Å². The van der Waals surface area contributed by atoms with E-state index in [0.717, 1.165) is 27.6 Å². The third-order valence-electron chi connectivity index (χ3n) is 4.53. The number of hydrogen-bond acceptors (Lipinski definition) is 2. The Morgan fingerprint density at radius 1 is 0.929 bits per heavy atom. The molecule has 138 valence electrons. The molecule has 1 heterocycles. The molecule has 0 unspecified atom stereocenters. The van der Waals surface area contributed by atoms with Crippen molar-refractivity contribution in [1.29, 1.82) is 0 Å². The second-order valence-electron chi connectivity index (χ2n) is 6.51. The van der Waals surface area contributed by atoms with E-state index >= 15 is 0 Å². The average Bonchev–Trinajstić information content (AvgIpc) is 2.70. The highest BCUT2D eigenvalue weighted by Crippen LogP contribution is 2.31. The summed E-state index contributed by atoms with van der Waals surface area (Å²) in [6.45, 7) is 1.95. The van der Waals surface area contributed by atoms with Gasteiger partial charge in [-0.3, -0.25) is 9.78 Å². The minimum Gasteiger partial charge on any atom is -0.320 e. The van der Waals surface area contributed by atoms with E-state index in [1.807, 2.05) is 61.5 Å². The highest BCUT2D eigenvalue weighted by atomic mass is 35.5. The quantitative estimate of drug-likeness (QED) is 0.407. The van der Waals surface area contributed by atoms with Gasteiger partial charge in [-0.25, -0.2) is 0 Å². The summed E-state index contributed by atoms with van der Waals surface area (Å²) in [5.41, 5.74) is 4.59. The Kier molecular flexibility index (Phi) is 5.03. The molecule has 0 saturated carbocycles. The van der Waals surface area contributed by atoms with Crippen molar-refractivity contribution >= 4 is 45.7 Å². The van der Waals surface area contributed by atoms with Crippen molar-refractivity contribution in [1.82, 2.24) is 4.98 Å². The van der Waals surface area contributed by atoms with Crippen molar-refractivity contribution in [2.45, 2.75) is 6.92 Å². The smallest absolute Gasteiger partial charge is 0.256 e. The number of nitrogens with zero attached hydrogens (tertiary/aromatic N) is 1. The molecule has 0 aliphatic rings. The van der Waals surface area contributed by atoms with Gasteiger partial charge in [0.1, 0.15) is 0 Å². The molecule has 4 aromatic rings. The third-order valence-corrected chi connectivity index (χ3v) is 5.27. The van der Waals surface area contributed by atoms with E-state index in [1.54, 1.807) is 18.3 Å². The topological polar surface area (TPSA) is 42.0 Å². The number of carbonyl (C=O) groups is 1. The van der Waals surface area contributed by atoms with Crippen LogP contribution >= 0.6 is 23.2 Å². The van der Waals surface area contributed by atoms with Gasteiger partial charge < -0.3 is 5.32 Å². The Hall–Kier alpha value is -2.88. The summed E-state index contributed by atoms with van der Waals surface area (Å²) in [5.74, 6) is -0.206. The van der Waals surface area contributed by atoms with Crippen LogP contribution in [-0.4, -0.2) is 10.9 Å². The molecule has 0 aliphatic heterocycles. The van der Waals surface area contributed by atoms with Crippen LogP contribution < -0.4 is 5.32 Å². The number of para-hydroxylation sites is 1. The number of aromatic nitrogens is 1. The molecule has 28 heavy (non-hydrogen) atoms. The van der Waals surface area contributed by atoms with Crippen LogP contribution in [0.25, 0.3) is 22.0 Å². The zero-order valence-corrected chi connectivity index (χ0v) is 16.6. The number of nitrogens with one attached hydrogen (secondary N) is 1. The van der Waals surface area contributed by atoms with Crippen LogP contribution in [0.1, 0.15) is 15.9 Å². The zero-order valence-electron chi connectivity index (χ0n) is 15.0. The number of fused-ring (bicyclic) bond motifs is 1. The number of rotatable bonds is 3. The standard InChI is InChI=1S/C23H16Cl2N2O/c1-14-7-9-17(16-8-10-19(24)20(25)13-16)18(12-14)23(28)27-21-6-2-4-15-5-3-11-26-22(15)21/h2-13H,1H3,(H,27,28). The molecule has 0 bridgehead atoms. The lowest BCUT2D eigenvalue weighted by Crippen LogP contribution is -2.14. The first-order valence-electron chi connectivity index (χ1n) is 8.74. The monoisotopic (exact) mass is 406 g/mol. The first-order valence-corrected chi connectivity index (χ1v) is 9.50. The van der Waals surface area contributed by atoms with E-state index in [-0.39, 0.29) is 5.91 Å². The lowest BCUT2D eigenvalue weighted by atomic mass is 9.97. The SMILES string of the molecule is Cc1ccc(-c2ccc(Cl)c(Cl)c2)c(C(=O)Nc2cccc3cccnc23)c1. The predicted molar refractivity (Wildman–Crippen MR) is 116 cm³/mol. The summed E-state index contributed by atoms with van der Waals surface area (Å²) in [4.78, 5) is 17.6. The number of amides is 1. The molecule has 1 N–H and O–H groups in total. The fourth-order valence-electron chi connectivity index (χ4n) is 3.16. The van der Waals surface area contributed by atoms with Crippen LogP contribution in [0.5, 0.6) is 0 Å². The van der Waals surface area contributed by atoms with E-state index in [9.17, 15) is 4.79 Å². The number of pyridine rings is 1. The van der Waals surface area contributed by atoms with Gasteiger partial charge in [0.25, 0.3) is 5.91 Å². The summed E-state index contributed by atoms with van der Waals surface area (Å²) in [6, 6.07) is 20.7. The highest BCUT2D eigenvalue weighted by Gasteiger charge is 2.15. The fourth-order valence-corrected chi connectivity index (χ4v) is 3.45. The van der Waals surface area contributed by atoms with Gasteiger partial charge in [0.2, 0.25) is 0 Å². The molecule has 3 aromatic carbocycles. The van der Waals surface area contributed by atoms with Gasteiger partial charge in [-0.2, -0.15) is 0 Å². The first-order chi connectivity index (χ1) is 13.5. The van der Waals surface area contributed by atoms with Crippen molar-refractivity contribution < 1.29 is 4.79 Å². The second-order valence-corrected chi connectivity index (χ2v) is 7.33. The maximum atomic E-state index is 13.2. The Bertz CT molecular complexity index is 1200. The van der Waals surface area contributed by atoms with Crippen LogP contribution in [0.3, 0.4) is 0 Å². The number of benzene rings is 3. The Morgan fingerprint density at radius 3 is 2.57 bits per heavy atom. The molecule has 0 saturated heterocycles. The predicted octanol–water partition coefficient (Wildman–Crippen LogP) is 6.77. The van der Waals surface area contributed by atoms with Gasteiger partial charge in [-0.05, 0) is 48.4 Å². The van der Waals surface area contributed by atoms with Crippen LogP contribution in [0, 0.1) is 6.92 Å². The molecule has 0 atom stereocenters. The Morgan fingerprint density at radius 2 is 1.75 bits per heavy atom. The molecular weight excluding hydrogens is 391 g/mol. The summed E-state index contributed by atoms with van der Waals surface area (Å²) in [7, 11) is 0. The molecule has 3 nitrogen and oxygen atoms in total. The fraction of sp³-hybridized carbons (Fsp3) is 0.0435. The van der Waals surface area contributed by atoms with Crippen LogP contribution in [0.4, 0.5) is 5.69 Å².